The van der Waals surface area contributed by atoms with Crippen LogP contribution in [-0.2, 0) is 6.42 Å². The lowest BCUT2D eigenvalue weighted by atomic mass is 9.98. The van der Waals surface area contributed by atoms with Crippen molar-refractivity contribution in [3.8, 4) is 0 Å². The molecule has 0 aliphatic carbocycles. The van der Waals surface area contributed by atoms with Gasteiger partial charge in [0.15, 0.2) is 0 Å². The van der Waals surface area contributed by atoms with Crippen molar-refractivity contribution in [1.29, 1.82) is 0 Å². The quantitative estimate of drug-likeness (QED) is 0.899. The zero-order chi connectivity index (χ0) is 14.7. The van der Waals surface area contributed by atoms with Crippen molar-refractivity contribution in [2.45, 2.75) is 26.3 Å². The van der Waals surface area contributed by atoms with Crippen LogP contribution < -0.4 is 5.32 Å². The molecule has 1 atom stereocenters. The highest BCUT2D eigenvalue weighted by atomic mass is 35.5. The monoisotopic (exact) mass is 308 g/mol. The molecule has 2 nitrogen and oxygen atoms in total. The van der Waals surface area contributed by atoms with Crippen molar-refractivity contribution in [3.05, 3.63) is 62.9 Å². The average Bonchev–Trinajstić information content (AvgIpc) is 2.41. The summed E-state index contributed by atoms with van der Waals surface area (Å²) in [6.45, 7) is 4.05. The fourth-order valence-corrected chi connectivity index (χ4v) is 2.66. The maximum absolute atomic E-state index is 6.07. The normalized spacial score (nSPS) is 12.4. The first kappa shape index (κ1) is 15.3. The van der Waals surface area contributed by atoms with E-state index < -0.39 is 0 Å². The summed E-state index contributed by atoms with van der Waals surface area (Å²) in [4.78, 5) is 4.53. The van der Waals surface area contributed by atoms with Crippen LogP contribution in [0.25, 0.3) is 0 Å². The first-order chi connectivity index (χ1) is 9.51. The van der Waals surface area contributed by atoms with Crippen LogP contribution in [0.5, 0.6) is 0 Å². The number of aromatic nitrogens is 1. The van der Waals surface area contributed by atoms with E-state index >= 15 is 0 Å². The van der Waals surface area contributed by atoms with Gasteiger partial charge in [-0.25, -0.2) is 0 Å². The van der Waals surface area contributed by atoms with Crippen molar-refractivity contribution < 1.29 is 0 Å². The first-order valence-corrected chi connectivity index (χ1v) is 7.32. The molecule has 2 aromatic rings. The predicted octanol–water partition coefficient (Wildman–Crippen LogP) is 4.51. The van der Waals surface area contributed by atoms with Gasteiger partial charge in [-0.15, -0.1) is 0 Å². The lowest BCUT2D eigenvalue weighted by Crippen LogP contribution is -2.20. The van der Waals surface area contributed by atoms with Gasteiger partial charge >= 0.3 is 0 Å². The zero-order valence-corrected chi connectivity index (χ0v) is 13.4. The highest BCUT2D eigenvalue weighted by molar-refractivity contribution is 6.42. The number of pyridine rings is 1. The second-order valence-electron chi connectivity index (χ2n) is 4.92. The zero-order valence-electron chi connectivity index (χ0n) is 11.9. The van der Waals surface area contributed by atoms with Crippen LogP contribution in [0.4, 0.5) is 0 Å². The molecule has 0 amide bonds. The molecular weight excluding hydrogens is 291 g/mol. The van der Waals surface area contributed by atoms with Gasteiger partial charge in [-0.05, 0) is 56.6 Å². The number of nitrogens with one attached hydrogen (secondary N) is 1. The summed E-state index contributed by atoms with van der Waals surface area (Å²) in [7, 11) is 1.96. The summed E-state index contributed by atoms with van der Waals surface area (Å²) in [6, 6.07) is 10.2. The maximum Gasteiger partial charge on any atom is 0.0595 e. The van der Waals surface area contributed by atoms with Gasteiger partial charge in [0.05, 0.1) is 10.0 Å². The number of hydrogen-bond acceptors (Lipinski definition) is 2. The fraction of sp³-hybridized carbons (Fsp3) is 0.312. The number of rotatable bonds is 4. The molecule has 0 fully saturated rings. The molecule has 0 saturated carbocycles. The van der Waals surface area contributed by atoms with Gasteiger partial charge in [0.1, 0.15) is 0 Å². The van der Waals surface area contributed by atoms with Gasteiger partial charge in [0.2, 0.25) is 0 Å². The number of halogens is 2. The Kier molecular flexibility index (Phi) is 5.03. The van der Waals surface area contributed by atoms with E-state index in [1.807, 2.05) is 45.2 Å². The molecule has 0 bridgehead atoms. The Morgan fingerprint density at radius 3 is 2.45 bits per heavy atom. The van der Waals surface area contributed by atoms with E-state index in [1.165, 1.54) is 5.56 Å². The van der Waals surface area contributed by atoms with Crippen molar-refractivity contribution in [2.24, 2.45) is 0 Å². The van der Waals surface area contributed by atoms with E-state index in [4.69, 9.17) is 23.2 Å². The standard InChI is InChI=1S/C16H18Cl2N2/c1-10-4-6-13(11(2)20-10)16(19-3)9-12-5-7-14(17)15(18)8-12/h4-8,16,19H,9H2,1-3H3. The van der Waals surface area contributed by atoms with Gasteiger partial charge in [0.25, 0.3) is 0 Å². The van der Waals surface area contributed by atoms with Gasteiger partial charge in [-0.2, -0.15) is 0 Å². The predicted molar refractivity (Wildman–Crippen MR) is 85.7 cm³/mol. The molecule has 0 spiro atoms. The Hall–Kier alpha value is -1.09. The minimum absolute atomic E-state index is 0.209. The Balaban J connectivity index is 2.26. The van der Waals surface area contributed by atoms with Crippen LogP contribution >= 0.6 is 23.2 Å². The summed E-state index contributed by atoms with van der Waals surface area (Å²) >= 11 is 12.0. The second kappa shape index (κ2) is 6.57. The van der Waals surface area contributed by atoms with E-state index in [2.05, 4.69) is 16.4 Å². The summed E-state index contributed by atoms with van der Waals surface area (Å²) in [6.07, 6.45) is 0.846. The highest BCUT2D eigenvalue weighted by Crippen LogP contribution is 2.26. The lowest BCUT2D eigenvalue weighted by Gasteiger charge is -2.19. The molecule has 0 radical (unpaired) electrons. The molecule has 1 N–H and O–H groups in total. The minimum atomic E-state index is 0.209. The minimum Gasteiger partial charge on any atom is -0.313 e. The summed E-state index contributed by atoms with van der Waals surface area (Å²) in [5.74, 6) is 0. The number of nitrogens with zero attached hydrogens (tertiary/aromatic N) is 1. The molecule has 0 aliphatic heterocycles. The first-order valence-electron chi connectivity index (χ1n) is 6.56. The Morgan fingerprint density at radius 2 is 1.85 bits per heavy atom. The molecule has 0 saturated heterocycles. The molecule has 1 aromatic heterocycles. The van der Waals surface area contributed by atoms with Crippen molar-refractivity contribution in [3.63, 3.8) is 0 Å². The van der Waals surface area contributed by atoms with E-state index in [0.29, 0.717) is 10.0 Å². The molecule has 106 valence electrons. The number of hydrogen-bond donors (Lipinski definition) is 1. The molecule has 1 heterocycles. The Labute approximate surface area is 130 Å². The topological polar surface area (TPSA) is 24.9 Å². The molecular formula is C16H18Cl2N2. The molecule has 20 heavy (non-hydrogen) atoms. The lowest BCUT2D eigenvalue weighted by molar-refractivity contribution is 0.585. The molecule has 0 aliphatic rings. The number of likely N-dealkylation sites (N-methyl/N-ethyl adjacent to an activating group) is 1. The Morgan fingerprint density at radius 1 is 1.10 bits per heavy atom. The van der Waals surface area contributed by atoms with E-state index in [-0.39, 0.29) is 6.04 Å². The highest BCUT2D eigenvalue weighted by Gasteiger charge is 2.14. The van der Waals surface area contributed by atoms with Gasteiger partial charge in [0, 0.05) is 17.4 Å². The van der Waals surface area contributed by atoms with Crippen molar-refractivity contribution >= 4 is 23.2 Å². The van der Waals surface area contributed by atoms with Crippen molar-refractivity contribution in [1.82, 2.24) is 10.3 Å². The van der Waals surface area contributed by atoms with Crippen LogP contribution in [-0.4, -0.2) is 12.0 Å². The molecule has 4 heteroatoms. The number of aryl methyl sites for hydroxylation is 2. The van der Waals surface area contributed by atoms with E-state index in [9.17, 15) is 0 Å². The third kappa shape index (κ3) is 3.51. The summed E-state index contributed by atoms with van der Waals surface area (Å²) < 4.78 is 0. The van der Waals surface area contributed by atoms with E-state index in [0.717, 1.165) is 23.4 Å². The van der Waals surface area contributed by atoms with Crippen LogP contribution in [0.15, 0.2) is 30.3 Å². The third-order valence-electron chi connectivity index (χ3n) is 3.41. The van der Waals surface area contributed by atoms with E-state index in [1.54, 1.807) is 0 Å². The van der Waals surface area contributed by atoms with Gasteiger partial charge < -0.3 is 5.32 Å². The van der Waals surface area contributed by atoms with Crippen LogP contribution in [0.3, 0.4) is 0 Å². The molecule has 1 unspecified atom stereocenters. The Bertz CT molecular complexity index is 611. The van der Waals surface area contributed by atoms with Gasteiger partial charge in [-0.3, -0.25) is 4.98 Å². The summed E-state index contributed by atoms with van der Waals surface area (Å²) in [5, 5.41) is 4.53. The summed E-state index contributed by atoms with van der Waals surface area (Å²) in [5.41, 5.74) is 4.46. The van der Waals surface area contributed by atoms with Crippen molar-refractivity contribution in [2.75, 3.05) is 7.05 Å². The van der Waals surface area contributed by atoms with Crippen LogP contribution in [0.1, 0.15) is 28.6 Å². The van der Waals surface area contributed by atoms with Crippen LogP contribution in [0.2, 0.25) is 10.0 Å². The average molecular weight is 309 g/mol. The maximum atomic E-state index is 6.07. The molecule has 2 rings (SSSR count). The van der Waals surface area contributed by atoms with Gasteiger partial charge in [-0.1, -0.05) is 35.3 Å². The SMILES string of the molecule is CNC(Cc1ccc(Cl)c(Cl)c1)c1ccc(C)nc1C. The van der Waals surface area contributed by atoms with Crippen LogP contribution in [0, 0.1) is 13.8 Å². The molecule has 1 aromatic carbocycles. The second-order valence-corrected chi connectivity index (χ2v) is 5.74. The smallest absolute Gasteiger partial charge is 0.0595 e. The fourth-order valence-electron chi connectivity index (χ4n) is 2.34. The largest absolute Gasteiger partial charge is 0.313 e. The third-order valence-corrected chi connectivity index (χ3v) is 4.15. The number of benzene rings is 1.